The van der Waals surface area contributed by atoms with E-state index in [1.54, 1.807) is 6.08 Å². The molecule has 1 aromatic carbocycles. The van der Waals surface area contributed by atoms with Crippen molar-refractivity contribution in [2.45, 2.75) is 11.3 Å². The number of pyridine rings is 1. The molecule has 1 amide bonds. The van der Waals surface area contributed by atoms with E-state index in [2.05, 4.69) is 16.3 Å². The highest BCUT2D eigenvalue weighted by Crippen LogP contribution is 2.26. The number of aromatic hydroxyl groups is 1. The van der Waals surface area contributed by atoms with Gasteiger partial charge in [-0.25, -0.2) is 12.8 Å². The van der Waals surface area contributed by atoms with Gasteiger partial charge in [0.15, 0.2) is 0 Å². The molecule has 0 saturated carbocycles. The van der Waals surface area contributed by atoms with Crippen molar-refractivity contribution in [1.29, 1.82) is 0 Å². The normalized spacial score (nSPS) is 11.0. The van der Waals surface area contributed by atoms with E-state index in [0.717, 1.165) is 0 Å². The second-order valence-electron chi connectivity index (χ2n) is 4.84. The molecule has 0 radical (unpaired) electrons. The lowest BCUT2D eigenvalue weighted by molar-refractivity contribution is 0.0997. The van der Waals surface area contributed by atoms with Crippen molar-refractivity contribution in [2.75, 3.05) is 4.72 Å². The number of hydrogen-bond acceptors (Lipinski definition) is 5. The maximum atomic E-state index is 13.9. The van der Waals surface area contributed by atoms with Gasteiger partial charge >= 0.3 is 0 Å². The Morgan fingerprint density at radius 3 is 2.71 bits per heavy atom. The Bertz CT molecular complexity index is 913. The van der Waals surface area contributed by atoms with Crippen LogP contribution in [0.15, 0.2) is 48.1 Å². The quantitative estimate of drug-likeness (QED) is 0.682. The first-order valence-corrected chi connectivity index (χ1v) is 8.13. The Labute approximate surface area is 137 Å². The van der Waals surface area contributed by atoms with Crippen LogP contribution in [0.2, 0.25) is 0 Å². The van der Waals surface area contributed by atoms with E-state index in [0.29, 0.717) is 24.1 Å². The van der Waals surface area contributed by atoms with Crippen molar-refractivity contribution in [2.24, 2.45) is 5.73 Å². The molecule has 0 bridgehead atoms. The molecular formula is C15H14FN3O4S. The van der Waals surface area contributed by atoms with E-state index < -0.39 is 38.0 Å². The zero-order valence-electron chi connectivity index (χ0n) is 12.4. The molecule has 0 aliphatic carbocycles. The predicted octanol–water partition coefficient (Wildman–Crippen LogP) is 1.55. The molecule has 0 aliphatic rings. The van der Waals surface area contributed by atoms with Crippen molar-refractivity contribution >= 4 is 21.6 Å². The fourth-order valence-electron chi connectivity index (χ4n) is 1.98. The van der Waals surface area contributed by atoms with Crippen LogP contribution in [0.4, 0.5) is 10.1 Å². The summed E-state index contributed by atoms with van der Waals surface area (Å²) in [5.74, 6) is -3.05. The largest absolute Gasteiger partial charge is 0.507 e. The Kier molecular flexibility index (Phi) is 4.84. The standard InChI is InChI=1S/C15H14FN3O4S/c1-2-3-9-4-10(8-18-7-9)19-24(22,23)14-5-11(15(17)21)13(20)6-12(14)16/h2,4-8,19-20H,1,3H2,(H2,17,21). The van der Waals surface area contributed by atoms with Crippen molar-refractivity contribution in [3.8, 4) is 5.75 Å². The molecule has 24 heavy (non-hydrogen) atoms. The average molecular weight is 351 g/mol. The third-order valence-electron chi connectivity index (χ3n) is 3.03. The third kappa shape index (κ3) is 3.69. The zero-order valence-corrected chi connectivity index (χ0v) is 13.2. The number of halogens is 1. The van der Waals surface area contributed by atoms with Gasteiger partial charge in [-0.3, -0.25) is 14.5 Å². The van der Waals surface area contributed by atoms with Gasteiger partial charge in [-0.1, -0.05) is 6.08 Å². The molecule has 2 aromatic rings. The maximum absolute atomic E-state index is 13.9. The summed E-state index contributed by atoms with van der Waals surface area (Å²) in [4.78, 5) is 14.3. The van der Waals surface area contributed by atoms with Gasteiger partial charge in [0.1, 0.15) is 16.5 Å². The Hall–Kier alpha value is -2.94. The molecule has 1 aromatic heterocycles. The Morgan fingerprint density at radius 2 is 2.08 bits per heavy atom. The number of hydrogen-bond donors (Lipinski definition) is 3. The lowest BCUT2D eigenvalue weighted by Gasteiger charge is -2.11. The van der Waals surface area contributed by atoms with Crippen LogP contribution in [0.1, 0.15) is 15.9 Å². The number of amides is 1. The first-order chi connectivity index (χ1) is 11.2. The van der Waals surface area contributed by atoms with Gasteiger partial charge < -0.3 is 10.8 Å². The summed E-state index contributed by atoms with van der Waals surface area (Å²) < 4.78 is 40.8. The number of nitrogens with two attached hydrogens (primary N) is 1. The van der Waals surface area contributed by atoms with Crippen LogP contribution in [0, 0.1) is 5.82 Å². The molecule has 0 fully saturated rings. The molecule has 0 spiro atoms. The molecular weight excluding hydrogens is 337 g/mol. The van der Waals surface area contributed by atoms with Gasteiger partial charge in [-0.15, -0.1) is 6.58 Å². The van der Waals surface area contributed by atoms with E-state index in [9.17, 15) is 22.7 Å². The van der Waals surface area contributed by atoms with Crippen LogP contribution in [0.5, 0.6) is 5.75 Å². The number of allylic oxidation sites excluding steroid dienone is 1. The average Bonchev–Trinajstić information content (AvgIpc) is 2.46. The number of phenols is 1. The van der Waals surface area contributed by atoms with Crippen molar-refractivity contribution in [3.63, 3.8) is 0 Å². The topological polar surface area (TPSA) is 122 Å². The fourth-order valence-corrected chi connectivity index (χ4v) is 3.10. The monoisotopic (exact) mass is 351 g/mol. The number of carbonyl (C=O) groups excluding carboxylic acids is 1. The van der Waals surface area contributed by atoms with Crippen LogP contribution in [0.3, 0.4) is 0 Å². The van der Waals surface area contributed by atoms with E-state index in [-0.39, 0.29) is 5.69 Å². The summed E-state index contributed by atoms with van der Waals surface area (Å²) in [6.07, 6.45) is 4.87. The lowest BCUT2D eigenvalue weighted by Crippen LogP contribution is -2.18. The van der Waals surface area contributed by atoms with Gasteiger partial charge in [0.2, 0.25) is 0 Å². The van der Waals surface area contributed by atoms with E-state index in [1.165, 1.54) is 18.5 Å². The summed E-state index contributed by atoms with van der Waals surface area (Å²) >= 11 is 0. The molecule has 2 rings (SSSR count). The minimum Gasteiger partial charge on any atom is -0.507 e. The second kappa shape index (κ2) is 6.67. The number of rotatable bonds is 6. The van der Waals surface area contributed by atoms with E-state index in [1.807, 2.05) is 0 Å². The van der Waals surface area contributed by atoms with Crippen LogP contribution in [-0.4, -0.2) is 24.4 Å². The minimum absolute atomic E-state index is 0.113. The van der Waals surface area contributed by atoms with Crippen molar-refractivity contribution in [1.82, 2.24) is 4.98 Å². The van der Waals surface area contributed by atoms with Crippen LogP contribution < -0.4 is 10.5 Å². The van der Waals surface area contributed by atoms with E-state index >= 15 is 0 Å². The molecule has 0 saturated heterocycles. The van der Waals surface area contributed by atoms with E-state index in [4.69, 9.17) is 5.73 Å². The molecule has 0 atom stereocenters. The zero-order chi connectivity index (χ0) is 17.9. The van der Waals surface area contributed by atoms with Crippen LogP contribution in [-0.2, 0) is 16.4 Å². The first-order valence-electron chi connectivity index (χ1n) is 6.64. The van der Waals surface area contributed by atoms with Crippen LogP contribution >= 0.6 is 0 Å². The number of nitrogens with one attached hydrogen (secondary N) is 1. The highest BCUT2D eigenvalue weighted by molar-refractivity contribution is 7.92. The highest BCUT2D eigenvalue weighted by atomic mass is 32.2. The van der Waals surface area contributed by atoms with Gasteiger partial charge in [0.05, 0.1) is 17.4 Å². The Balaban J connectivity index is 2.44. The van der Waals surface area contributed by atoms with Crippen molar-refractivity contribution in [3.05, 3.63) is 60.2 Å². The first kappa shape index (κ1) is 17.4. The number of anilines is 1. The Morgan fingerprint density at radius 1 is 1.38 bits per heavy atom. The number of sulfonamides is 1. The summed E-state index contributed by atoms with van der Waals surface area (Å²) in [7, 11) is -4.36. The van der Waals surface area contributed by atoms with Crippen LogP contribution in [0.25, 0.3) is 0 Å². The predicted molar refractivity (Wildman–Crippen MR) is 85.5 cm³/mol. The minimum atomic E-state index is -4.36. The molecule has 4 N–H and O–H groups in total. The molecule has 0 aliphatic heterocycles. The van der Waals surface area contributed by atoms with Crippen molar-refractivity contribution < 1.29 is 22.7 Å². The van der Waals surface area contributed by atoms with Gasteiger partial charge in [-0.2, -0.15) is 0 Å². The fraction of sp³-hybridized carbons (Fsp3) is 0.0667. The van der Waals surface area contributed by atoms with Gasteiger partial charge in [-0.05, 0) is 24.1 Å². The molecule has 0 unspecified atom stereocenters. The van der Waals surface area contributed by atoms with Gasteiger partial charge in [0, 0.05) is 12.3 Å². The SMILES string of the molecule is C=CCc1cncc(NS(=O)(=O)c2cc(C(N)=O)c(O)cc2F)c1. The number of benzene rings is 1. The number of primary amides is 1. The second-order valence-corrected chi connectivity index (χ2v) is 6.50. The van der Waals surface area contributed by atoms with Gasteiger partial charge in [0.25, 0.3) is 15.9 Å². The molecule has 7 nitrogen and oxygen atoms in total. The number of nitrogens with zero attached hydrogens (tertiary/aromatic N) is 1. The number of aromatic nitrogens is 1. The molecule has 126 valence electrons. The summed E-state index contributed by atoms with van der Waals surface area (Å²) in [5.41, 5.74) is 5.34. The molecule has 1 heterocycles. The maximum Gasteiger partial charge on any atom is 0.264 e. The summed E-state index contributed by atoms with van der Waals surface area (Å²) in [6.45, 7) is 3.57. The summed E-state index contributed by atoms with van der Waals surface area (Å²) in [5, 5.41) is 9.46. The highest BCUT2D eigenvalue weighted by Gasteiger charge is 2.23. The third-order valence-corrected chi connectivity index (χ3v) is 4.43. The summed E-state index contributed by atoms with van der Waals surface area (Å²) in [6, 6.07) is 2.71. The smallest absolute Gasteiger partial charge is 0.264 e. The number of carbonyl (C=O) groups is 1. The lowest BCUT2D eigenvalue weighted by atomic mass is 10.2. The molecule has 9 heteroatoms.